The number of nitrogens with one attached hydrogen (secondary N) is 3. The average Bonchev–Trinajstić information content (AvgIpc) is 2.71. The van der Waals surface area contributed by atoms with Gasteiger partial charge in [0.25, 0.3) is 0 Å². The van der Waals surface area contributed by atoms with Crippen LogP contribution >= 0.6 is 0 Å². The summed E-state index contributed by atoms with van der Waals surface area (Å²) in [6.07, 6.45) is -0.815. The van der Waals surface area contributed by atoms with Crippen molar-refractivity contribution in [1.82, 2.24) is 16.0 Å². The first-order valence-corrected chi connectivity index (χ1v) is 9.51. The Morgan fingerprint density at radius 1 is 0.906 bits per heavy atom. The van der Waals surface area contributed by atoms with Gasteiger partial charge in [-0.1, -0.05) is 12.1 Å². The van der Waals surface area contributed by atoms with Crippen LogP contribution in [0.25, 0.3) is 0 Å². The van der Waals surface area contributed by atoms with Gasteiger partial charge >= 0.3 is 5.97 Å². The molecule has 4 amide bonds. The first kappa shape index (κ1) is 26.3. The van der Waals surface area contributed by atoms with Gasteiger partial charge in [0.15, 0.2) is 0 Å². The van der Waals surface area contributed by atoms with Crippen LogP contribution in [-0.2, 0) is 30.4 Å². The van der Waals surface area contributed by atoms with E-state index in [-0.39, 0.29) is 12.2 Å². The highest BCUT2D eigenvalue weighted by Gasteiger charge is 2.30. The Kier molecular flexibility index (Phi) is 10.1. The smallest absolute Gasteiger partial charge is 0.326 e. The normalized spacial score (nSPS) is 14.3. The number of carboxylic acid groups (broad SMARTS) is 1. The first-order chi connectivity index (χ1) is 14.9. The number of nitrogens with two attached hydrogens (primary N) is 2. The molecule has 32 heavy (non-hydrogen) atoms. The van der Waals surface area contributed by atoms with Gasteiger partial charge in [-0.3, -0.25) is 19.2 Å². The Hall–Kier alpha value is -3.71. The van der Waals surface area contributed by atoms with Gasteiger partial charge in [-0.05, 0) is 24.6 Å². The van der Waals surface area contributed by atoms with Crippen LogP contribution < -0.4 is 27.4 Å². The van der Waals surface area contributed by atoms with Crippen LogP contribution in [0.4, 0.5) is 0 Å². The average molecular weight is 453 g/mol. The Morgan fingerprint density at radius 2 is 1.41 bits per heavy atom. The summed E-state index contributed by atoms with van der Waals surface area (Å²) >= 11 is 0. The highest BCUT2D eigenvalue weighted by Crippen LogP contribution is 2.12. The summed E-state index contributed by atoms with van der Waals surface area (Å²) in [5.74, 6) is -5.10. The molecule has 13 nitrogen and oxygen atoms in total. The van der Waals surface area contributed by atoms with E-state index in [1.54, 1.807) is 0 Å². The number of benzene rings is 1. The molecular weight excluding hydrogens is 426 g/mol. The maximum atomic E-state index is 12.7. The molecule has 0 spiro atoms. The van der Waals surface area contributed by atoms with Crippen LogP contribution in [0.3, 0.4) is 0 Å². The molecule has 0 aliphatic carbocycles. The number of primary amides is 1. The minimum atomic E-state index is -1.63. The largest absolute Gasteiger partial charge is 0.508 e. The summed E-state index contributed by atoms with van der Waals surface area (Å²) < 4.78 is 0. The van der Waals surface area contributed by atoms with Gasteiger partial charge < -0.3 is 42.7 Å². The third-order valence-electron chi connectivity index (χ3n) is 4.26. The fraction of sp³-hybridized carbons (Fsp3) is 0.421. The van der Waals surface area contributed by atoms with E-state index >= 15 is 0 Å². The number of rotatable bonds is 12. The number of hydrogen-bond donors (Lipinski definition) is 8. The third-order valence-corrected chi connectivity index (χ3v) is 4.26. The van der Waals surface area contributed by atoms with Gasteiger partial charge in [-0.2, -0.15) is 0 Å². The second-order valence-corrected chi connectivity index (χ2v) is 7.03. The molecule has 1 aromatic rings. The lowest BCUT2D eigenvalue weighted by molar-refractivity contribution is -0.143. The first-order valence-electron chi connectivity index (χ1n) is 9.51. The zero-order valence-electron chi connectivity index (χ0n) is 17.3. The number of aromatic hydroxyl groups is 1. The van der Waals surface area contributed by atoms with E-state index in [0.717, 1.165) is 0 Å². The highest BCUT2D eigenvalue weighted by atomic mass is 16.4. The second kappa shape index (κ2) is 12.2. The number of amides is 4. The minimum absolute atomic E-state index is 0.0369. The van der Waals surface area contributed by atoms with E-state index in [1.807, 2.05) is 0 Å². The van der Waals surface area contributed by atoms with Crippen molar-refractivity contribution in [3.05, 3.63) is 29.8 Å². The molecule has 176 valence electrons. The van der Waals surface area contributed by atoms with Crippen LogP contribution in [0.1, 0.15) is 18.9 Å². The van der Waals surface area contributed by atoms with E-state index in [9.17, 15) is 39.3 Å². The predicted molar refractivity (Wildman–Crippen MR) is 110 cm³/mol. The van der Waals surface area contributed by atoms with Crippen molar-refractivity contribution in [2.45, 2.75) is 43.9 Å². The Morgan fingerprint density at radius 3 is 1.88 bits per heavy atom. The number of aliphatic carboxylic acids is 1. The number of hydrogen-bond acceptors (Lipinski definition) is 8. The SMILES string of the molecule is CC(N)C(=O)NC(CO)C(=O)NC(Cc1ccc(O)cc1)C(=O)NC(CC(N)=O)C(=O)O. The van der Waals surface area contributed by atoms with E-state index in [1.165, 1.54) is 31.2 Å². The lowest BCUT2D eigenvalue weighted by atomic mass is 10.0. The summed E-state index contributed by atoms with van der Waals surface area (Å²) in [4.78, 5) is 59.4. The second-order valence-electron chi connectivity index (χ2n) is 7.03. The summed E-state index contributed by atoms with van der Waals surface area (Å²) in [6, 6.07) is 0.260. The zero-order valence-corrected chi connectivity index (χ0v) is 17.3. The molecule has 0 aliphatic rings. The van der Waals surface area contributed by atoms with Crippen molar-refractivity contribution < 1.29 is 39.3 Å². The molecule has 10 N–H and O–H groups in total. The number of carboxylic acids is 1. The standard InChI is InChI=1S/C19H27N5O8/c1-9(20)16(28)24-14(8-25)18(30)22-12(6-10-2-4-11(26)5-3-10)17(29)23-13(19(31)32)7-15(21)27/h2-5,9,12-14,25-26H,6-8,20H2,1H3,(H2,21,27)(H,22,30)(H,23,29)(H,24,28)(H,31,32). The molecule has 0 bridgehead atoms. The van der Waals surface area contributed by atoms with Crippen LogP contribution in [-0.4, -0.2) is 75.7 Å². The number of aliphatic hydroxyl groups is 1. The van der Waals surface area contributed by atoms with Gasteiger partial charge in [0.2, 0.25) is 23.6 Å². The fourth-order valence-electron chi connectivity index (χ4n) is 2.52. The van der Waals surface area contributed by atoms with Gasteiger partial charge in [-0.15, -0.1) is 0 Å². The van der Waals surface area contributed by atoms with Gasteiger partial charge in [-0.25, -0.2) is 4.79 Å². The number of phenolic OH excluding ortho intramolecular Hbond substituents is 1. The van der Waals surface area contributed by atoms with Crippen molar-refractivity contribution in [1.29, 1.82) is 0 Å². The van der Waals surface area contributed by atoms with Crippen LogP contribution in [0.5, 0.6) is 5.75 Å². The Labute approximate surface area is 183 Å². The maximum absolute atomic E-state index is 12.7. The summed E-state index contributed by atoms with van der Waals surface area (Å²) in [7, 11) is 0. The van der Waals surface area contributed by atoms with Gasteiger partial charge in [0.1, 0.15) is 23.9 Å². The summed E-state index contributed by atoms with van der Waals surface area (Å²) in [5, 5.41) is 34.7. The molecule has 4 atom stereocenters. The minimum Gasteiger partial charge on any atom is -0.508 e. The predicted octanol–water partition coefficient (Wildman–Crippen LogP) is -3.31. The van der Waals surface area contributed by atoms with Crippen molar-refractivity contribution in [2.75, 3.05) is 6.61 Å². The molecule has 0 fully saturated rings. The lowest BCUT2D eigenvalue weighted by Gasteiger charge is -2.24. The summed E-state index contributed by atoms with van der Waals surface area (Å²) in [6.45, 7) is 0.574. The van der Waals surface area contributed by atoms with Crippen LogP contribution in [0.15, 0.2) is 24.3 Å². The van der Waals surface area contributed by atoms with Crippen LogP contribution in [0.2, 0.25) is 0 Å². The van der Waals surface area contributed by atoms with E-state index in [4.69, 9.17) is 11.5 Å². The number of carbonyl (C=O) groups is 5. The molecule has 1 aromatic carbocycles. The fourth-order valence-corrected chi connectivity index (χ4v) is 2.52. The molecule has 0 heterocycles. The monoisotopic (exact) mass is 453 g/mol. The number of phenols is 1. The molecule has 13 heteroatoms. The molecule has 0 radical (unpaired) electrons. The molecule has 0 saturated heterocycles. The highest BCUT2D eigenvalue weighted by molar-refractivity contribution is 5.95. The molecular formula is C19H27N5O8. The molecule has 1 rings (SSSR count). The Bertz CT molecular complexity index is 843. The van der Waals surface area contributed by atoms with Crippen LogP contribution in [0, 0.1) is 0 Å². The third kappa shape index (κ3) is 8.57. The quantitative estimate of drug-likeness (QED) is 0.158. The van der Waals surface area contributed by atoms with Crippen molar-refractivity contribution in [3.63, 3.8) is 0 Å². The molecule has 0 saturated carbocycles. The molecule has 4 unspecified atom stereocenters. The molecule has 0 aromatic heterocycles. The van der Waals surface area contributed by atoms with Gasteiger partial charge in [0, 0.05) is 6.42 Å². The topological polar surface area (TPSA) is 234 Å². The number of aliphatic hydroxyl groups excluding tert-OH is 1. The van der Waals surface area contributed by atoms with Gasteiger partial charge in [0.05, 0.1) is 19.1 Å². The van der Waals surface area contributed by atoms with Crippen molar-refractivity contribution in [2.24, 2.45) is 11.5 Å². The van der Waals surface area contributed by atoms with Crippen molar-refractivity contribution in [3.8, 4) is 5.75 Å². The van der Waals surface area contributed by atoms with E-state index in [0.29, 0.717) is 5.56 Å². The Balaban J connectivity index is 3.07. The van der Waals surface area contributed by atoms with Crippen molar-refractivity contribution >= 4 is 29.6 Å². The zero-order chi connectivity index (χ0) is 24.4. The van der Waals surface area contributed by atoms with E-state index in [2.05, 4.69) is 16.0 Å². The summed E-state index contributed by atoms with van der Waals surface area (Å²) in [5.41, 5.74) is 10.9. The number of carbonyl (C=O) groups excluding carboxylic acids is 4. The molecule has 0 aliphatic heterocycles. The maximum Gasteiger partial charge on any atom is 0.326 e. The lowest BCUT2D eigenvalue weighted by Crippen LogP contribution is -2.58. The van der Waals surface area contributed by atoms with E-state index < -0.39 is 66.8 Å².